The maximum atomic E-state index is 12.0. The average molecular weight is 325 g/mol. The maximum absolute atomic E-state index is 12.0. The molecule has 3 rings (SSSR count). The topological polar surface area (TPSA) is 89.0 Å². The first-order valence-electron chi connectivity index (χ1n) is 7.22. The number of carbonyl (C=O) groups is 2. The zero-order chi connectivity index (χ0) is 16.9. The van der Waals surface area contributed by atoms with Crippen molar-refractivity contribution in [2.24, 2.45) is 5.10 Å². The molecule has 0 spiro atoms. The van der Waals surface area contributed by atoms with E-state index in [0.717, 1.165) is 5.56 Å². The number of fused-ring (bicyclic) bond motifs is 1. The van der Waals surface area contributed by atoms with Crippen molar-refractivity contribution in [2.45, 2.75) is 6.92 Å². The summed E-state index contributed by atoms with van der Waals surface area (Å²) in [5.74, 6) is 0.830. The molecule has 0 radical (unpaired) electrons. The Hall–Kier alpha value is -3.35. The lowest BCUT2D eigenvalue weighted by atomic mass is 10.2. The van der Waals surface area contributed by atoms with Crippen LogP contribution < -0.4 is 20.2 Å². The molecular formula is C17H15N3O4. The molecule has 2 aromatic rings. The quantitative estimate of drug-likeness (QED) is 0.666. The molecule has 0 aliphatic carbocycles. The van der Waals surface area contributed by atoms with Crippen LogP contribution in [0.2, 0.25) is 0 Å². The Labute approximate surface area is 138 Å². The minimum atomic E-state index is -0.346. The highest BCUT2D eigenvalue weighted by Gasteiger charge is 2.12. The van der Waals surface area contributed by atoms with Crippen molar-refractivity contribution < 1.29 is 19.1 Å². The standard InChI is InChI=1S/C17H15N3O4/c1-11(21)19-14-5-3-13(4-6-14)17(22)20-18-9-12-2-7-15-16(8-12)24-10-23-15/h2-9H,10H2,1H3,(H,19,21)(H,20,22)/b18-9+. The molecule has 7 heteroatoms. The van der Waals surface area contributed by atoms with Gasteiger partial charge in [-0.25, -0.2) is 5.43 Å². The third-order valence-electron chi connectivity index (χ3n) is 3.24. The van der Waals surface area contributed by atoms with Crippen LogP contribution in [-0.4, -0.2) is 24.8 Å². The molecule has 2 N–H and O–H groups in total. The predicted octanol–water partition coefficient (Wildman–Crippen LogP) is 2.14. The van der Waals surface area contributed by atoms with E-state index in [9.17, 15) is 9.59 Å². The maximum Gasteiger partial charge on any atom is 0.271 e. The lowest BCUT2D eigenvalue weighted by Gasteiger charge is -2.03. The number of nitrogens with one attached hydrogen (secondary N) is 2. The molecule has 24 heavy (non-hydrogen) atoms. The van der Waals surface area contributed by atoms with E-state index in [0.29, 0.717) is 22.7 Å². The molecule has 2 aromatic carbocycles. The van der Waals surface area contributed by atoms with E-state index in [1.54, 1.807) is 36.4 Å². The molecule has 1 aliphatic rings. The normalized spacial score (nSPS) is 12.2. The molecule has 1 aliphatic heterocycles. The summed E-state index contributed by atoms with van der Waals surface area (Å²) in [4.78, 5) is 23.0. The molecule has 1 heterocycles. The van der Waals surface area contributed by atoms with Crippen LogP contribution in [0, 0.1) is 0 Å². The van der Waals surface area contributed by atoms with Crippen molar-refractivity contribution in [3.63, 3.8) is 0 Å². The fourth-order valence-electron chi connectivity index (χ4n) is 2.13. The van der Waals surface area contributed by atoms with E-state index >= 15 is 0 Å². The summed E-state index contributed by atoms with van der Waals surface area (Å²) in [6.45, 7) is 1.63. The zero-order valence-electron chi connectivity index (χ0n) is 12.9. The minimum Gasteiger partial charge on any atom is -0.454 e. The third-order valence-corrected chi connectivity index (χ3v) is 3.24. The molecule has 0 saturated heterocycles. The highest BCUT2D eigenvalue weighted by Crippen LogP contribution is 2.31. The van der Waals surface area contributed by atoms with Crippen LogP contribution in [0.3, 0.4) is 0 Å². The first kappa shape index (κ1) is 15.5. The molecule has 0 saturated carbocycles. The number of anilines is 1. The number of hydrogen-bond donors (Lipinski definition) is 2. The summed E-state index contributed by atoms with van der Waals surface area (Å²) in [6, 6.07) is 11.9. The van der Waals surface area contributed by atoms with Gasteiger partial charge in [0.15, 0.2) is 11.5 Å². The van der Waals surface area contributed by atoms with Crippen molar-refractivity contribution in [1.82, 2.24) is 5.43 Å². The molecule has 0 fully saturated rings. The second-order valence-corrected chi connectivity index (χ2v) is 5.07. The van der Waals surface area contributed by atoms with Gasteiger partial charge >= 0.3 is 0 Å². The van der Waals surface area contributed by atoms with Crippen LogP contribution in [0.15, 0.2) is 47.6 Å². The summed E-state index contributed by atoms with van der Waals surface area (Å²) >= 11 is 0. The number of ether oxygens (including phenoxy) is 2. The van der Waals surface area contributed by atoms with Crippen LogP contribution in [0.4, 0.5) is 5.69 Å². The second kappa shape index (κ2) is 6.82. The van der Waals surface area contributed by atoms with Gasteiger partial charge in [0.05, 0.1) is 6.21 Å². The molecular weight excluding hydrogens is 310 g/mol. The average Bonchev–Trinajstić information content (AvgIpc) is 3.02. The largest absolute Gasteiger partial charge is 0.454 e. The number of nitrogens with zero attached hydrogens (tertiary/aromatic N) is 1. The third kappa shape index (κ3) is 3.70. The number of hydrogen-bond acceptors (Lipinski definition) is 5. The Morgan fingerprint density at radius 1 is 1.08 bits per heavy atom. The van der Waals surface area contributed by atoms with Gasteiger partial charge in [-0.1, -0.05) is 0 Å². The SMILES string of the molecule is CC(=O)Nc1ccc(C(=O)N/N=C/c2ccc3c(c2)OCO3)cc1. The molecule has 0 aromatic heterocycles. The highest BCUT2D eigenvalue weighted by atomic mass is 16.7. The fraction of sp³-hybridized carbons (Fsp3) is 0.118. The number of amides is 2. The van der Waals surface area contributed by atoms with Crippen LogP contribution in [0.5, 0.6) is 11.5 Å². The monoisotopic (exact) mass is 325 g/mol. The summed E-state index contributed by atoms with van der Waals surface area (Å²) in [5, 5.41) is 6.56. The van der Waals surface area contributed by atoms with Crippen LogP contribution in [0.25, 0.3) is 0 Å². The molecule has 0 bridgehead atoms. The second-order valence-electron chi connectivity index (χ2n) is 5.07. The van der Waals surface area contributed by atoms with Gasteiger partial charge in [-0.05, 0) is 48.0 Å². The van der Waals surface area contributed by atoms with Crippen molar-refractivity contribution in [2.75, 3.05) is 12.1 Å². The van der Waals surface area contributed by atoms with E-state index < -0.39 is 0 Å². The van der Waals surface area contributed by atoms with Crippen LogP contribution in [-0.2, 0) is 4.79 Å². The summed E-state index contributed by atoms with van der Waals surface area (Å²) < 4.78 is 10.5. The summed E-state index contributed by atoms with van der Waals surface area (Å²) in [6.07, 6.45) is 1.52. The summed E-state index contributed by atoms with van der Waals surface area (Å²) in [5.41, 5.74) is 4.29. The zero-order valence-corrected chi connectivity index (χ0v) is 12.9. The first-order chi connectivity index (χ1) is 11.6. The molecule has 122 valence electrons. The molecule has 7 nitrogen and oxygen atoms in total. The van der Waals surface area contributed by atoms with Crippen molar-refractivity contribution in [3.8, 4) is 11.5 Å². The number of hydrazone groups is 1. The molecule has 0 atom stereocenters. The lowest BCUT2D eigenvalue weighted by Crippen LogP contribution is -2.17. The predicted molar refractivity (Wildman–Crippen MR) is 88.4 cm³/mol. The van der Waals surface area contributed by atoms with Gasteiger partial charge in [0.1, 0.15) is 0 Å². The van der Waals surface area contributed by atoms with Crippen LogP contribution >= 0.6 is 0 Å². The van der Waals surface area contributed by atoms with Gasteiger partial charge < -0.3 is 14.8 Å². The number of carbonyl (C=O) groups excluding carboxylic acids is 2. The minimum absolute atomic E-state index is 0.166. The van der Waals surface area contributed by atoms with Crippen molar-refractivity contribution in [1.29, 1.82) is 0 Å². The highest BCUT2D eigenvalue weighted by molar-refractivity contribution is 5.96. The van der Waals surface area contributed by atoms with Gasteiger partial charge in [0.25, 0.3) is 5.91 Å². The van der Waals surface area contributed by atoms with Gasteiger partial charge in [0.2, 0.25) is 12.7 Å². The Morgan fingerprint density at radius 2 is 1.83 bits per heavy atom. The number of rotatable bonds is 4. The van der Waals surface area contributed by atoms with Gasteiger partial charge in [0, 0.05) is 18.2 Å². The first-order valence-corrected chi connectivity index (χ1v) is 7.22. The Bertz CT molecular complexity index is 800. The van der Waals surface area contributed by atoms with E-state index in [4.69, 9.17) is 9.47 Å². The van der Waals surface area contributed by atoms with Crippen molar-refractivity contribution in [3.05, 3.63) is 53.6 Å². The summed E-state index contributed by atoms with van der Waals surface area (Å²) in [7, 11) is 0. The van der Waals surface area contributed by atoms with E-state index in [1.807, 2.05) is 6.07 Å². The van der Waals surface area contributed by atoms with E-state index in [-0.39, 0.29) is 18.6 Å². The van der Waals surface area contributed by atoms with Crippen molar-refractivity contribution >= 4 is 23.7 Å². The Kier molecular flexibility index (Phi) is 4.42. The Balaban J connectivity index is 1.59. The van der Waals surface area contributed by atoms with Gasteiger partial charge in [-0.15, -0.1) is 0 Å². The molecule has 0 unspecified atom stereocenters. The smallest absolute Gasteiger partial charge is 0.271 e. The van der Waals surface area contributed by atoms with Gasteiger partial charge in [-0.3, -0.25) is 9.59 Å². The lowest BCUT2D eigenvalue weighted by molar-refractivity contribution is -0.114. The molecule has 2 amide bonds. The Morgan fingerprint density at radius 3 is 2.58 bits per heavy atom. The van der Waals surface area contributed by atoms with Gasteiger partial charge in [-0.2, -0.15) is 5.10 Å². The fourth-order valence-corrected chi connectivity index (χ4v) is 2.13. The van der Waals surface area contributed by atoms with Crippen LogP contribution in [0.1, 0.15) is 22.8 Å². The van der Waals surface area contributed by atoms with E-state index in [2.05, 4.69) is 15.8 Å². The number of benzene rings is 2. The van der Waals surface area contributed by atoms with E-state index in [1.165, 1.54) is 13.1 Å².